The van der Waals surface area contributed by atoms with E-state index >= 15 is 0 Å². The third-order valence-electron chi connectivity index (χ3n) is 3.05. The second kappa shape index (κ2) is 8.18. The number of hydrogen-bond donors (Lipinski definition) is 1. The van der Waals surface area contributed by atoms with Crippen LogP contribution in [0.5, 0.6) is 0 Å². The highest BCUT2D eigenvalue weighted by Gasteiger charge is 2.83. The third kappa shape index (κ3) is 4.72. The molecule has 1 unspecified atom stereocenters. The molecule has 1 atom stereocenters. The molecule has 0 aliphatic rings. The van der Waals surface area contributed by atoms with Crippen molar-refractivity contribution in [3.63, 3.8) is 0 Å². The van der Waals surface area contributed by atoms with Crippen LogP contribution in [0.15, 0.2) is 0 Å². The molecular weight excluding hydrogens is 412 g/mol. The Morgan fingerprint density at radius 2 is 1.46 bits per heavy atom. The number of alkyl carbamates (subject to hydrolysis) is 1. The Bertz CT molecular complexity index is 489. The molecule has 0 saturated heterocycles. The fourth-order valence-electron chi connectivity index (χ4n) is 1.48. The smallest absolute Gasteiger partial charge is 0.409 e. The van der Waals surface area contributed by atoms with E-state index in [0.29, 0.717) is 0 Å². The number of ether oxygens (including phenoxy) is 2. The quantitative estimate of drug-likeness (QED) is 0.348. The van der Waals surface area contributed by atoms with Gasteiger partial charge in [0.1, 0.15) is 5.85 Å². The lowest BCUT2D eigenvalue weighted by Crippen LogP contribution is -2.65. The first kappa shape index (κ1) is 24.7. The van der Waals surface area contributed by atoms with Gasteiger partial charge in [0.2, 0.25) is 0 Å². The van der Waals surface area contributed by atoms with E-state index in [2.05, 4.69) is 4.74 Å². The van der Waals surface area contributed by atoms with Gasteiger partial charge in [-0.3, -0.25) is 5.32 Å². The maximum absolute atomic E-state index is 13.3. The van der Waals surface area contributed by atoms with Crippen molar-refractivity contribution in [2.75, 3.05) is 13.7 Å². The summed E-state index contributed by atoms with van der Waals surface area (Å²) in [6.45, 7) is 0.463. The number of carbonyl (C=O) groups excluding carboxylic acids is 1. The normalized spacial score (nSPS) is 15.3. The van der Waals surface area contributed by atoms with E-state index in [-0.39, 0.29) is 0 Å². The zero-order valence-electron chi connectivity index (χ0n) is 13.4. The first-order chi connectivity index (χ1) is 11.5. The monoisotopic (exact) mass is 427 g/mol. The van der Waals surface area contributed by atoms with Gasteiger partial charge in [0.05, 0.1) is 8.80 Å². The SMILES string of the molecule is COC(NC(=O)OCC(F)(F)C(F)(F)C(F)(F)C(F)(F)C(F)F)[SiH](C)C. The van der Waals surface area contributed by atoms with Gasteiger partial charge in [0.15, 0.2) is 6.61 Å². The summed E-state index contributed by atoms with van der Waals surface area (Å²) in [7, 11) is -0.671. The molecule has 156 valence electrons. The van der Waals surface area contributed by atoms with E-state index in [0.717, 1.165) is 7.11 Å². The number of nitrogens with one attached hydrogen (secondary N) is 1. The summed E-state index contributed by atoms with van der Waals surface area (Å²) in [4.78, 5) is 11.2. The summed E-state index contributed by atoms with van der Waals surface area (Å²) < 4.78 is 136. The fraction of sp³-hybridized carbons (Fsp3) is 0.909. The molecule has 0 bridgehead atoms. The highest BCUT2D eigenvalue weighted by Crippen LogP contribution is 2.54. The van der Waals surface area contributed by atoms with Gasteiger partial charge >= 0.3 is 36.2 Å². The molecule has 4 nitrogen and oxygen atoms in total. The van der Waals surface area contributed by atoms with Gasteiger partial charge in [-0.05, 0) is 0 Å². The van der Waals surface area contributed by atoms with Gasteiger partial charge in [0, 0.05) is 7.11 Å². The minimum Gasteiger partial charge on any atom is -0.443 e. The van der Waals surface area contributed by atoms with Crippen LogP contribution in [0.25, 0.3) is 0 Å². The van der Waals surface area contributed by atoms with Crippen LogP contribution in [0, 0.1) is 0 Å². The number of alkyl halides is 10. The van der Waals surface area contributed by atoms with Crippen LogP contribution in [-0.2, 0) is 9.47 Å². The number of methoxy groups -OCH3 is 1. The summed E-state index contributed by atoms with van der Waals surface area (Å²) >= 11 is 0. The number of amides is 1. The number of hydrogen-bond acceptors (Lipinski definition) is 3. The van der Waals surface area contributed by atoms with Gasteiger partial charge < -0.3 is 9.47 Å². The summed E-state index contributed by atoms with van der Waals surface area (Å²) in [5.74, 6) is -27.9. The molecule has 0 saturated carbocycles. The van der Waals surface area contributed by atoms with Crippen LogP contribution in [0.2, 0.25) is 13.1 Å². The van der Waals surface area contributed by atoms with Crippen molar-refractivity contribution < 1.29 is 58.2 Å². The Hall–Kier alpha value is -1.25. The Morgan fingerprint density at radius 3 is 1.81 bits per heavy atom. The molecule has 1 N–H and O–H groups in total. The lowest BCUT2D eigenvalue weighted by molar-refractivity contribution is -0.386. The molecule has 0 heterocycles. The molecule has 0 aromatic carbocycles. The van der Waals surface area contributed by atoms with Crippen molar-refractivity contribution in [3.05, 3.63) is 0 Å². The van der Waals surface area contributed by atoms with Crippen LogP contribution in [0.4, 0.5) is 48.7 Å². The average molecular weight is 427 g/mol. The van der Waals surface area contributed by atoms with E-state index < -0.39 is 57.5 Å². The predicted octanol–water partition coefficient (Wildman–Crippen LogP) is 3.52. The molecule has 0 aromatic rings. The summed E-state index contributed by atoms with van der Waals surface area (Å²) in [6, 6.07) is 0. The van der Waals surface area contributed by atoms with Crippen LogP contribution < -0.4 is 5.32 Å². The summed E-state index contributed by atoms with van der Waals surface area (Å²) in [6.07, 6.45) is -7.13. The van der Waals surface area contributed by atoms with Gasteiger partial charge in [-0.25, -0.2) is 13.6 Å². The van der Waals surface area contributed by atoms with Crippen molar-refractivity contribution in [2.45, 2.75) is 49.1 Å². The standard InChI is InChI=1S/C11H15F10NO3Si/c1-24-7(26(2)3)22-6(23)25-4-8(14,15)10(18,19)11(20,21)9(16,17)5(12)13/h5,7,26H,4H2,1-3H3,(H,22,23). The van der Waals surface area contributed by atoms with E-state index in [1.807, 2.05) is 5.32 Å². The molecule has 26 heavy (non-hydrogen) atoms. The minimum atomic E-state index is -7.13. The molecular formula is C11H15F10NO3Si. The van der Waals surface area contributed by atoms with Crippen molar-refractivity contribution in [1.82, 2.24) is 5.32 Å². The fourth-order valence-corrected chi connectivity index (χ4v) is 2.49. The summed E-state index contributed by atoms with van der Waals surface area (Å²) in [5.41, 5.74) is 0. The second-order valence-electron chi connectivity index (χ2n) is 5.40. The lowest BCUT2D eigenvalue weighted by Gasteiger charge is -2.36. The topological polar surface area (TPSA) is 47.6 Å². The van der Waals surface area contributed by atoms with Crippen LogP contribution in [0.1, 0.15) is 0 Å². The van der Waals surface area contributed by atoms with E-state index in [1.165, 1.54) is 0 Å². The lowest BCUT2D eigenvalue weighted by atomic mass is 9.99. The van der Waals surface area contributed by atoms with Crippen molar-refractivity contribution in [1.29, 1.82) is 0 Å². The molecule has 0 aromatic heterocycles. The third-order valence-corrected chi connectivity index (χ3v) is 4.70. The molecule has 0 rings (SSSR count). The van der Waals surface area contributed by atoms with Gasteiger partial charge in [0.25, 0.3) is 0 Å². The van der Waals surface area contributed by atoms with Crippen molar-refractivity contribution >= 4 is 14.9 Å². The molecule has 1 amide bonds. The highest BCUT2D eigenvalue weighted by molar-refractivity contribution is 6.57. The van der Waals surface area contributed by atoms with Crippen LogP contribution >= 0.6 is 0 Å². The summed E-state index contributed by atoms with van der Waals surface area (Å²) in [5, 5.41) is 1.82. The largest absolute Gasteiger partial charge is 0.443 e. The molecule has 15 heteroatoms. The zero-order valence-corrected chi connectivity index (χ0v) is 14.6. The molecule has 0 spiro atoms. The predicted molar refractivity (Wildman–Crippen MR) is 69.9 cm³/mol. The maximum atomic E-state index is 13.3. The minimum absolute atomic E-state index is 0.999. The van der Waals surface area contributed by atoms with Gasteiger partial charge in [-0.1, -0.05) is 13.1 Å². The molecule has 0 fully saturated rings. The number of halogens is 10. The van der Waals surface area contributed by atoms with Crippen molar-refractivity contribution in [3.8, 4) is 0 Å². The Kier molecular flexibility index (Phi) is 7.79. The highest BCUT2D eigenvalue weighted by atomic mass is 28.3. The Balaban J connectivity index is 5.28. The number of rotatable bonds is 9. The van der Waals surface area contributed by atoms with Gasteiger partial charge in [-0.15, -0.1) is 0 Å². The van der Waals surface area contributed by atoms with E-state index in [1.54, 1.807) is 13.1 Å². The molecule has 0 radical (unpaired) electrons. The van der Waals surface area contributed by atoms with E-state index in [4.69, 9.17) is 4.74 Å². The number of carbonyl (C=O) groups is 1. The van der Waals surface area contributed by atoms with Crippen molar-refractivity contribution in [2.24, 2.45) is 0 Å². The Morgan fingerprint density at radius 1 is 1.00 bits per heavy atom. The van der Waals surface area contributed by atoms with Crippen LogP contribution in [0.3, 0.4) is 0 Å². The van der Waals surface area contributed by atoms with Crippen LogP contribution in [-0.4, -0.2) is 64.6 Å². The maximum Gasteiger partial charge on any atom is 0.409 e. The average Bonchev–Trinajstić information content (AvgIpc) is 2.49. The first-order valence-electron chi connectivity index (χ1n) is 6.71. The molecule has 0 aliphatic carbocycles. The zero-order chi connectivity index (χ0) is 21.1. The first-order valence-corrected chi connectivity index (χ1v) is 9.68. The Labute approximate surface area is 142 Å². The molecule has 0 aliphatic heterocycles. The second-order valence-corrected chi connectivity index (χ2v) is 8.49. The van der Waals surface area contributed by atoms with Gasteiger partial charge in [-0.2, -0.15) is 35.1 Å². The van der Waals surface area contributed by atoms with E-state index in [9.17, 15) is 48.7 Å².